The molecule has 0 N–H and O–H groups in total. The summed E-state index contributed by atoms with van der Waals surface area (Å²) in [7, 11) is 1.88. The Labute approximate surface area is 126 Å². The number of carbonyl (C=O) groups excluding carboxylic acids is 1. The van der Waals surface area contributed by atoms with E-state index in [1.165, 1.54) is 11.1 Å². The Balaban J connectivity index is 1.80. The van der Waals surface area contributed by atoms with Crippen molar-refractivity contribution in [1.29, 1.82) is 0 Å². The maximum atomic E-state index is 12.7. The van der Waals surface area contributed by atoms with Crippen molar-refractivity contribution in [3.63, 3.8) is 0 Å². The molecule has 1 fully saturated rings. The summed E-state index contributed by atoms with van der Waals surface area (Å²) in [5, 5.41) is 0. The predicted molar refractivity (Wildman–Crippen MR) is 83.0 cm³/mol. The zero-order chi connectivity index (χ0) is 13.9. The summed E-state index contributed by atoms with van der Waals surface area (Å²) in [5.41, 5.74) is 3.21. The fraction of sp³-hybridized carbons (Fsp3) is 0.235. The van der Waals surface area contributed by atoms with E-state index in [9.17, 15) is 4.79 Å². The van der Waals surface area contributed by atoms with E-state index in [2.05, 4.69) is 46.3 Å². The van der Waals surface area contributed by atoms with Gasteiger partial charge in [0.2, 0.25) is 5.91 Å². The molecule has 20 heavy (non-hydrogen) atoms. The molecule has 1 aliphatic heterocycles. The number of halogens is 1. The Kier molecular flexibility index (Phi) is 2.40. The third kappa shape index (κ3) is 1.41. The molecular formula is C17H14BrNO. The Morgan fingerprint density at radius 2 is 1.85 bits per heavy atom. The van der Waals surface area contributed by atoms with Gasteiger partial charge in [0, 0.05) is 23.1 Å². The number of carbonyl (C=O) groups is 1. The minimum Gasteiger partial charge on any atom is -0.314 e. The molecule has 2 aromatic rings. The minimum atomic E-state index is -0.306. The lowest BCUT2D eigenvalue weighted by Gasteiger charge is -2.11. The van der Waals surface area contributed by atoms with Crippen LogP contribution in [0.4, 0.5) is 5.69 Å². The highest BCUT2D eigenvalue weighted by Crippen LogP contribution is 2.65. The SMILES string of the molecule is CN1C(=O)[C@@]2(C[C@H]2c2ccc(Br)cc2)c2ccccc21. The van der Waals surface area contributed by atoms with Crippen molar-refractivity contribution in [3.05, 3.63) is 64.1 Å². The van der Waals surface area contributed by atoms with Crippen molar-refractivity contribution in [2.75, 3.05) is 11.9 Å². The van der Waals surface area contributed by atoms with Gasteiger partial charge in [-0.15, -0.1) is 0 Å². The molecule has 2 atom stereocenters. The number of hydrogen-bond acceptors (Lipinski definition) is 1. The molecule has 1 amide bonds. The van der Waals surface area contributed by atoms with Crippen LogP contribution in [0.3, 0.4) is 0 Å². The van der Waals surface area contributed by atoms with Gasteiger partial charge in [-0.3, -0.25) is 4.79 Å². The number of amides is 1. The van der Waals surface area contributed by atoms with E-state index in [0.717, 1.165) is 16.6 Å². The minimum absolute atomic E-state index is 0.242. The van der Waals surface area contributed by atoms with Crippen LogP contribution < -0.4 is 4.90 Å². The quantitative estimate of drug-likeness (QED) is 0.779. The zero-order valence-electron chi connectivity index (χ0n) is 11.1. The predicted octanol–water partition coefficient (Wildman–Crippen LogP) is 3.85. The van der Waals surface area contributed by atoms with Crippen molar-refractivity contribution < 1.29 is 4.79 Å². The maximum absolute atomic E-state index is 12.7. The van der Waals surface area contributed by atoms with E-state index in [-0.39, 0.29) is 11.3 Å². The molecule has 0 bridgehead atoms. The van der Waals surface area contributed by atoms with E-state index in [1.807, 2.05) is 30.1 Å². The van der Waals surface area contributed by atoms with Gasteiger partial charge in [0.05, 0.1) is 5.41 Å². The van der Waals surface area contributed by atoms with Gasteiger partial charge in [-0.25, -0.2) is 0 Å². The molecule has 100 valence electrons. The summed E-state index contributed by atoms with van der Waals surface area (Å²) in [6.07, 6.45) is 0.925. The molecule has 0 saturated heterocycles. The first-order valence-electron chi connectivity index (χ1n) is 6.78. The lowest BCUT2D eigenvalue weighted by Crippen LogP contribution is -2.29. The van der Waals surface area contributed by atoms with Gasteiger partial charge in [-0.2, -0.15) is 0 Å². The number of hydrogen-bond donors (Lipinski definition) is 0. The number of nitrogens with zero attached hydrogens (tertiary/aromatic N) is 1. The molecule has 1 heterocycles. The van der Waals surface area contributed by atoms with Crippen LogP contribution in [0.5, 0.6) is 0 Å². The van der Waals surface area contributed by atoms with Crippen molar-refractivity contribution in [2.24, 2.45) is 0 Å². The summed E-state index contributed by atoms with van der Waals surface area (Å²) >= 11 is 3.46. The Morgan fingerprint density at radius 3 is 2.60 bits per heavy atom. The monoisotopic (exact) mass is 327 g/mol. The highest BCUT2D eigenvalue weighted by Gasteiger charge is 2.66. The third-order valence-electron chi connectivity index (χ3n) is 4.67. The Hall–Kier alpha value is -1.61. The van der Waals surface area contributed by atoms with E-state index in [1.54, 1.807) is 0 Å². The largest absolute Gasteiger partial charge is 0.314 e. The summed E-state index contributed by atoms with van der Waals surface area (Å²) in [4.78, 5) is 14.5. The van der Waals surface area contributed by atoms with Crippen LogP contribution >= 0.6 is 15.9 Å². The van der Waals surface area contributed by atoms with Crippen molar-refractivity contribution in [3.8, 4) is 0 Å². The van der Waals surface area contributed by atoms with E-state index in [0.29, 0.717) is 5.92 Å². The fourth-order valence-electron chi connectivity index (χ4n) is 3.56. The standard InChI is InChI=1S/C17H14BrNO/c1-19-15-5-3-2-4-13(15)17(16(19)20)10-14(17)11-6-8-12(18)9-7-11/h2-9,14H,10H2,1H3/t14-,17-/m0/s1. The van der Waals surface area contributed by atoms with Crippen LogP contribution in [-0.2, 0) is 10.2 Å². The smallest absolute Gasteiger partial charge is 0.238 e. The number of likely N-dealkylation sites (N-methyl/N-ethyl adjacent to an activating group) is 1. The average Bonchev–Trinajstić information content (AvgIpc) is 3.19. The molecule has 3 heteroatoms. The molecule has 2 aliphatic rings. The van der Waals surface area contributed by atoms with Crippen molar-refractivity contribution in [2.45, 2.75) is 17.8 Å². The third-order valence-corrected chi connectivity index (χ3v) is 5.19. The molecule has 1 saturated carbocycles. The molecule has 0 aromatic heterocycles. The normalized spacial score (nSPS) is 27.0. The summed E-state index contributed by atoms with van der Waals surface area (Å²) in [6.45, 7) is 0. The van der Waals surface area contributed by atoms with Crippen LogP contribution in [-0.4, -0.2) is 13.0 Å². The van der Waals surface area contributed by atoms with Gasteiger partial charge in [0.1, 0.15) is 0 Å². The molecule has 1 aliphatic carbocycles. The van der Waals surface area contributed by atoms with Crippen molar-refractivity contribution in [1.82, 2.24) is 0 Å². The summed E-state index contributed by atoms with van der Waals surface area (Å²) < 4.78 is 1.08. The summed E-state index contributed by atoms with van der Waals surface area (Å²) in [5.74, 6) is 0.556. The fourth-order valence-corrected chi connectivity index (χ4v) is 3.83. The second kappa shape index (κ2) is 3.95. The van der Waals surface area contributed by atoms with Gasteiger partial charge in [-0.1, -0.05) is 46.3 Å². The first-order valence-corrected chi connectivity index (χ1v) is 7.57. The van der Waals surface area contributed by atoms with Crippen LogP contribution in [0.1, 0.15) is 23.5 Å². The van der Waals surface area contributed by atoms with E-state index in [4.69, 9.17) is 0 Å². The van der Waals surface area contributed by atoms with Gasteiger partial charge in [0.25, 0.3) is 0 Å². The van der Waals surface area contributed by atoms with Gasteiger partial charge >= 0.3 is 0 Å². The molecule has 0 unspecified atom stereocenters. The number of rotatable bonds is 1. The first kappa shape index (κ1) is 12.2. The van der Waals surface area contributed by atoms with E-state index < -0.39 is 0 Å². The molecule has 2 nitrogen and oxygen atoms in total. The second-order valence-corrected chi connectivity index (χ2v) is 6.58. The van der Waals surface area contributed by atoms with Crippen LogP contribution in [0.2, 0.25) is 0 Å². The molecule has 1 spiro atoms. The molecule has 0 radical (unpaired) electrons. The highest BCUT2D eigenvalue weighted by molar-refractivity contribution is 9.10. The van der Waals surface area contributed by atoms with Crippen LogP contribution in [0.25, 0.3) is 0 Å². The maximum Gasteiger partial charge on any atom is 0.238 e. The number of para-hydroxylation sites is 1. The zero-order valence-corrected chi connectivity index (χ0v) is 12.7. The Morgan fingerprint density at radius 1 is 1.15 bits per heavy atom. The van der Waals surface area contributed by atoms with Crippen molar-refractivity contribution >= 4 is 27.5 Å². The number of anilines is 1. The van der Waals surface area contributed by atoms with Crippen LogP contribution in [0, 0.1) is 0 Å². The Bertz CT molecular complexity index is 709. The van der Waals surface area contributed by atoms with E-state index >= 15 is 0 Å². The van der Waals surface area contributed by atoms with Gasteiger partial charge in [-0.05, 0) is 35.7 Å². The first-order chi connectivity index (χ1) is 9.64. The lowest BCUT2D eigenvalue weighted by molar-refractivity contribution is -0.120. The number of benzene rings is 2. The van der Waals surface area contributed by atoms with Gasteiger partial charge < -0.3 is 4.90 Å². The van der Waals surface area contributed by atoms with Crippen LogP contribution in [0.15, 0.2) is 53.0 Å². The number of fused-ring (bicyclic) bond motifs is 2. The molecule has 2 aromatic carbocycles. The average molecular weight is 328 g/mol. The molecular weight excluding hydrogens is 314 g/mol. The topological polar surface area (TPSA) is 20.3 Å². The lowest BCUT2D eigenvalue weighted by atomic mass is 9.92. The summed E-state index contributed by atoms with van der Waals surface area (Å²) in [6, 6.07) is 16.5. The second-order valence-electron chi connectivity index (χ2n) is 5.66. The van der Waals surface area contributed by atoms with Gasteiger partial charge in [0.15, 0.2) is 0 Å². The molecule has 4 rings (SSSR count). The highest BCUT2D eigenvalue weighted by atomic mass is 79.9.